The van der Waals surface area contributed by atoms with Crippen molar-refractivity contribution in [3.63, 3.8) is 0 Å². The third kappa shape index (κ3) is 2.45. The normalized spacial score (nSPS) is 10.2. The summed E-state index contributed by atoms with van der Waals surface area (Å²) in [4.78, 5) is 0. The van der Waals surface area contributed by atoms with E-state index in [0.717, 1.165) is 24.3 Å². The molecule has 0 bridgehead atoms. The summed E-state index contributed by atoms with van der Waals surface area (Å²) in [5, 5.41) is 0. The van der Waals surface area contributed by atoms with Gasteiger partial charge in [-0.15, -0.1) is 0 Å². The summed E-state index contributed by atoms with van der Waals surface area (Å²) >= 11 is 4.22. The van der Waals surface area contributed by atoms with Gasteiger partial charge in [0.25, 0.3) is 0 Å². The first kappa shape index (κ1) is 9.46. The Morgan fingerprint density at radius 2 is 1.92 bits per heavy atom. The lowest BCUT2D eigenvalue weighted by Gasteiger charge is -2.03. The van der Waals surface area contributed by atoms with Crippen LogP contribution in [0.4, 0.5) is 5.69 Å². The van der Waals surface area contributed by atoms with Crippen LogP contribution in [0.25, 0.3) is 0 Å². The number of hydrogen-bond acceptors (Lipinski definition) is 2. The first-order chi connectivity index (χ1) is 5.76. The Balaban J connectivity index is 2.90. The SMILES string of the molecule is CCCc1cc(N)cc(CS)c1. The summed E-state index contributed by atoms with van der Waals surface area (Å²) in [5.74, 6) is 0.766. The Morgan fingerprint density at radius 1 is 1.25 bits per heavy atom. The van der Waals surface area contributed by atoms with Crippen molar-refractivity contribution in [2.75, 3.05) is 5.73 Å². The monoisotopic (exact) mass is 181 g/mol. The Labute approximate surface area is 79.4 Å². The summed E-state index contributed by atoms with van der Waals surface area (Å²) in [7, 11) is 0. The first-order valence-electron chi connectivity index (χ1n) is 4.25. The second-order valence-electron chi connectivity index (χ2n) is 2.99. The molecule has 0 amide bonds. The molecule has 0 saturated carbocycles. The molecule has 66 valence electrons. The van der Waals surface area contributed by atoms with E-state index in [1.54, 1.807) is 0 Å². The Bertz CT molecular complexity index is 258. The highest BCUT2D eigenvalue weighted by atomic mass is 32.1. The Morgan fingerprint density at radius 3 is 2.50 bits per heavy atom. The quantitative estimate of drug-likeness (QED) is 0.544. The number of anilines is 1. The van der Waals surface area contributed by atoms with Crippen molar-refractivity contribution in [1.29, 1.82) is 0 Å². The van der Waals surface area contributed by atoms with E-state index in [4.69, 9.17) is 5.73 Å². The van der Waals surface area contributed by atoms with Crippen LogP contribution in [0.5, 0.6) is 0 Å². The zero-order valence-corrected chi connectivity index (χ0v) is 8.27. The number of nitrogens with two attached hydrogens (primary N) is 1. The molecule has 0 aliphatic carbocycles. The summed E-state index contributed by atoms with van der Waals surface area (Å²) in [5.41, 5.74) is 9.11. The fourth-order valence-corrected chi connectivity index (χ4v) is 1.50. The Kier molecular flexibility index (Phi) is 3.48. The van der Waals surface area contributed by atoms with Crippen molar-refractivity contribution in [2.45, 2.75) is 25.5 Å². The van der Waals surface area contributed by atoms with Gasteiger partial charge in [0.1, 0.15) is 0 Å². The van der Waals surface area contributed by atoms with Gasteiger partial charge in [-0.2, -0.15) is 12.6 Å². The van der Waals surface area contributed by atoms with Gasteiger partial charge < -0.3 is 5.73 Å². The van der Waals surface area contributed by atoms with Crippen molar-refractivity contribution in [3.8, 4) is 0 Å². The minimum absolute atomic E-state index is 0.766. The van der Waals surface area contributed by atoms with E-state index in [1.807, 2.05) is 12.1 Å². The van der Waals surface area contributed by atoms with Crippen LogP contribution in [-0.2, 0) is 12.2 Å². The minimum atomic E-state index is 0.766. The molecule has 0 fully saturated rings. The number of hydrogen-bond donors (Lipinski definition) is 2. The van der Waals surface area contributed by atoms with Crippen LogP contribution < -0.4 is 5.73 Å². The number of nitrogen functional groups attached to an aromatic ring is 1. The predicted molar refractivity (Wildman–Crippen MR) is 57.5 cm³/mol. The highest BCUT2D eigenvalue weighted by Gasteiger charge is 1.96. The second kappa shape index (κ2) is 4.41. The average molecular weight is 181 g/mol. The van der Waals surface area contributed by atoms with Crippen LogP contribution in [-0.4, -0.2) is 0 Å². The molecule has 1 aromatic rings. The summed E-state index contributed by atoms with van der Waals surface area (Å²) < 4.78 is 0. The molecule has 0 radical (unpaired) electrons. The van der Waals surface area contributed by atoms with Gasteiger partial charge in [0.05, 0.1) is 0 Å². The zero-order valence-electron chi connectivity index (χ0n) is 7.38. The van der Waals surface area contributed by atoms with Gasteiger partial charge in [-0.1, -0.05) is 19.4 Å². The lowest BCUT2D eigenvalue weighted by molar-refractivity contribution is 0.920. The molecule has 0 unspecified atom stereocenters. The fraction of sp³-hybridized carbons (Fsp3) is 0.400. The van der Waals surface area contributed by atoms with E-state index in [0.29, 0.717) is 0 Å². The lowest BCUT2D eigenvalue weighted by atomic mass is 10.1. The molecule has 2 N–H and O–H groups in total. The van der Waals surface area contributed by atoms with Crippen LogP contribution in [0.3, 0.4) is 0 Å². The molecule has 1 rings (SSSR count). The predicted octanol–water partition coefficient (Wildman–Crippen LogP) is 2.65. The van der Waals surface area contributed by atoms with Gasteiger partial charge in [-0.3, -0.25) is 0 Å². The van der Waals surface area contributed by atoms with Gasteiger partial charge in [-0.05, 0) is 29.7 Å². The molecule has 0 aliphatic heterocycles. The number of benzene rings is 1. The van der Waals surface area contributed by atoms with E-state index < -0.39 is 0 Å². The summed E-state index contributed by atoms with van der Waals surface area (Å²) in [6.07, 6.45) is 2.27. The molecule has 2 heteroatoms. The number of thiol groups is 1. The van der Waals surface area contributed by atoms with Crippen LogP contribution >= 0.6 is 12.6 Å². The second-order valence-corrected chi connectivity index (χ2v) is 3.31. The summed E-state index contributed by atoms with van der Waals surface area (Å²) in [6.45, 7) is 2.17. The largest absolute Gasteiger partial charge is 0.399 e. The number of aryl methyl sites for hydroxylation is 1. The van der Waals surface area contributed by atoms with E-state index in [2.05, 4.69) is 25.6 Å². The fourth-order valence-electron chi connectivity index (χ4n) is 1.32. The number of rotatable bonds is 3. The van der Waals surface area contributed by atoms with E-state index in [-0.39, 0.29) is 0 Å². The molecule has 0 saturated heterocycles. The molecular weight excluding hydrogens is 166 g/mol. The van der Waals surface area contributed by atoms with Gasteiger partial charge in [0.2, 0.25) is 0 Å². The molecule has 0 heterocycles. The smallest absolute Gasteiger partial charge is 0.0319 e. The zero-order chi connectivity index (χ0) is 8.97. The molecular formula is C10H15NS. The van der Waals surface area contributed by atoms with Crippen molar-refractivity contribution >= 4 is 18.3 Å². The van der Waals surface area contributed by atoms with Crippen LogP contribution in [0.1, 0.15) is 24.5 Å². The third-order valence-electron chi connectivity index (χ3n) is 1.80. The van der Waals surface area contributed by atoms with Crippen LogP contribution in [0.2, 0.25) is 0 Å². The maximum absolute atomic E-state index is 5.73. The Hall–Kier alpha value is -0.630. The van der Waals surface area contributed by atoms with Gasteiger partial charge in [0, 0.05) is 11.4 Å². The third-order valence-corrected chi connectivity index (χ3v) is 2.16. The minimum Gasteiger partial charge on any atom is -0.399 e. The maximum atomic E-state index is 5.73. The van der Waals surface area contributed by atoms with Crippen LogP contribution in [0, 0.1) is 0 Å². The molecule has 0 aromatic heterocycles. The molecule has 0 atom stereocenters. The van der Waals surface area contributed by atoms with E-state index >= 15 is 0 Å². The lowest BCUT2D eigenvalue weighted by Crippen LogP contribution is -1.91. The topological polar surface area (TPSA) is 26.0 Å². The van der Waals surface area contributed by atoms with Crippen molar-refractivity contribution in [2.24, 2.45) is 0 Å². The van der Waals surface area contributed by atoms with Gasteiger partial charge in [0.15, 0.2) is 0 Å². The first-order valence-corrected chi connectivity index (χ1v) is 4.88. The highest BCUT2D eigenvalue weighted by Crippen LogP contribution is 2.14. The van der Waals surface area contributed by atoms with Gasteiger partial charge in [-0.25, -0.2) is 0 Å². The maximum Gasteiger partial charge on any atom is 0.0319 e. The van der Waals surface area contributed by atoms with E-state index in [1.165, 1.54) is 11.1 Å². The molecule has 0 aliphatic rings. The van der Waals surface area contributed by atoms with Crippen molar-refractivity contribution in [1.82, 2.24) is 0 Å². The van der Waals surface area contributed by atoms with Crippen LogP contribution in [0.15, 0.2) is 18.2 Å². The molecule has 12 heavy (non-hydrogen) atoms. The standard InChI is InChI=1S/C10H15NS/c1-2-3-8-4-9(7-12)6-10(11)5-8/h4-6,12H,2-3,7,11H2,1H3. The average Bonchev–Trinajstić information content (AvgIpc) is 2.04. The molecule has 1 nitrogen and oxygen atoms in total. The van der Waals surface area contributed by atoms with Crippen molar-refractivity contribution in [3.05, 3.63) is 29.3 Å². The molecule has 1 aromatic carbocycles. The highest BCUT2D eigenvalue weighted by molar-refractivity contribution is 7.79. The van der Waals surface area contributed by atoms with E-state index in [9.17, 15) is 0 Å². The molecule has 0 spiro atoms. The summed E-state index contributed by atoms with van der Waals surface area (Å²) in [6, 6.07) is 6.19. The van der Waals surface area contributed by atoms with Gasteiger partial charge >= 0.3 is 0 Å². The van der Waals surface area contributed by atoms with Crippen molar-refractivity contribution < 1.29 is 0 Å².